The van der Waals surface area contributed by atoms with Crippen LogP contribution in [0.15, 0.2) is 18.2 Å². The first-order valence-corrected chi connectivity index (χ1v) is 6.25. The van der Waals surface area contributed by atoms with Crippen LogP contribution in [0, 0.1) is 3.57 Å². The smallest absolute Gasteiger partial charge is 0.337 e. The molecule has 2 N–H and O–H groups in total. The number of quaternary nitrogens is 1. The Morgan fingerprint density at radius 3 is 2.19 bits per heavy atom. The van der Waals surface area contributed by atoms with Crippen molar-refractivity contribution < 1.29 is 14.8 Å². The molecule has 0 radical (unpaired) electrons. The number of aromatic carboxylic acids is 1. The van der Waals surface area contributed by atoms with Crippen LogP contribution in [0.4, 0.5) is 0 Å². The summed E-state index contributed by atoms with van der Waals surface area (Å²) in [5, 5.41) is 8.87. The van der Waals surface area contributed by atoms with Crippen molar-refractivity contribution in [2.45, 2.75) is 13.3 Å². The van der Waals surface area contributed by atoms with Crippen LogP contribution in [0.1, 0.15) is 22.8 Å². The third-order valence-electron chi connectivity index (χ3n) is 1.69. The molecule has 3 nitrogen and oxygen atoms in total. The van der Waals surface area contributed by atoms with Gasteiger partial charge in [0.15, 0.2) is 0 Å². The molecule has 0 aliphatic heterocycles. The Labute approximate surface area is 111 Å². The lowest BCUT2D eigenvalue weighted by Gasteiger charge is -2.04. The molecule has 0 saturated heterocycles. The van der Waals surface area contributed by atoms with Gasteiger partial charge in [-0.05, 0) is 40.6 Å². The van der Waals surface area contributed by atoms with Crippen molar-refractivity contribution in [3.05, 3.63) is 32.9 Å². The highest BCUT2D eigenvalue weighted by atomic mass is 127. The maximum Gasteiger partial charge on any atom is 0.337 e. The zero-order valence-electron chi connectivity index (χ0n) is 10.2. The van der Waals surface area contributed by atoms with Crippen molar-refractivity contribution in [1.29, 1.82) is 0 Å². The summed E-state index contributed by atoms with van der Waals surface area (Å²) < 4.78 is 0.805. The van der Waals surface area contributed by atoms with Gasteiger partial charge in [0.05, 0.1) is 26.7 Å². The van der Waals surface area contributed by atoms with Gasteiger partial charge in [0.1, 0.15) is 0 Å². The van der Waals surface area contributed by atoms with Crippen molar-refractivity contribution in [1.82, 2.24) is 0 Å². The number of halogens is 1. The fourth-order valence-electron chi connectivity index (χ4n) is 1.10. The molecule has 0 fully saturated rings. The number of benzene rings is 1. The summed E-state index contributed by atoms with van der Waals surface area (Å²) in [6, 6.07) is 5.54. The van der Waals surface area contributed by atoms with Crippen molar-refractivity contribution >= 4 is 28.6 Å². The Morgan fingerprint density at radius 2 is 1.88 bits per heavy atom. The first-order valence-electron chi connectivity index (χ1n) is 5.17. The van der Waals surface area contributed by atoms with E-state index in [9.17, 15) is 4.79 Å². The normalized spacial score (nSPS) is 9.62. The molecule has 0 unspecified atom stereocenters. The quantitative estimate of drug-likeness (QED) is 0.800. The number of aryl methyl sites for hydroxylation is 1. The van der Waals surface area contributed by atoms with E-state index >= 15 is 0 Å². The predicted molar refractivity (Wildman–Crippen MR) is 74.2 cm³/mol. The van der Waals surface area contributed by atoms with E-state index in [4.69, 9.17) is 5.11 Å². The van der Waals surface area contributed by atoms with E-state index in [1.807, 2.05) is 47.7 Å². The van der Waals surface area contributed by atoms with E-state index in [-0.39, 0.29) is 0 Å². The summed E-state index contributed by atoms with van der Waals surface area (Å²) in [7, 11) is 6.25. The molecule has 0 saturated carbocycles. The SMILES string of the molecule is CCc1cccc(I)c1C(=O)O.C[NH+](C)C. The lowest BCUT2D eigenvalue weighted by molar-refractivity contribution is -0.836. The average Bonchev–Trinajstić information content (AvgIpc) is 2.15. The molecule has 0 aliphatic carbocycles. The molecule has 0 bridgehead atoms. The molecule has 0 spiro atoms. The second-order valence-corrected chi connectivity index (χ2v) is 5.09. The van der Waals surface area contributed by atoms with Crippen LogP contribution in [-0.4, -0.2) is 32.2 Å². The van der Waals surface area contributed by atoms with Crippen LogP contribution < -0.4 is 4.90 Å². The van der Waals surface area contributed by atoms with E-state index in [0.717, 1.165) is 15.6 Å². The van der Waals surface area contributed by atoms with Gasteiger partial charge in [-0.2, -0.15) is 0 Å². The monoisotopic (exact) mass is 336 g/mol. The zero-order chi connectivity index (χ0) is 12.7. The molecule has 4 heteroatoms. The minimum absolute atomic E-state index is 0.445. The molecular formula is C12H19INO2+. The highest BCUT2D eigenvalue weighted by molar-refractivity contribution is 14.1. The van der Waals surface area contributed by atoms with Crippen LogP contribution in [0.2, 0.25) is 0 Å². The molecule has 0 aromatic heterocycles. The predicted octanol–water partition coefficient (Wildman–Crippen LogP) is 1.31. The third kappa shape index (κ3) is 5.46. The summed E-state index contributed by atoms with van der Waals surface area (Å²) >= 11 is 2.04. The number of carbonyl (C=O) groups is 1. The highest BCUT2D eigenvalue weighted by Gasteiger charge is 2.11. The standard InChI is InChI=1S/C9H9IO2.C3H9N/c1-2-6-4-3-5-7(10)8(6)9(11)12;1-4(2)3/h3-5H,2H2,1H3,(H,11,12);1-3H3/p+1. The molecule has 0 atom stereocenters. The first kappa shape index (κ1) is 15.4. The van der Waals surface area contributed by atoms with Gasteiger partial charge < -0.3 is 10.0 Å². The van der Waals surface area contributed by atoms with Gasteiger partial charge in [-0.25, -0.2) is 4.79 Å². The Kier molecular flexibility index (Phi) is 7.33. The fraction of sp³-hybridized carbons (Fsp3) is 0.417. The van der Waals surface area contributed by atoms with Crippen LogP contribution in [-0.2, 0) is 6.42 Å². The molecular weight excluding hydrogens is 317 g/mol. The Balaban J connectivity index is 0.000000487. The van der Waals surface area contributed by atoms with Crippen LogP contribution >= 0.6 is 22.6 Å². The van der Waals surface area contributed by atoms with Crippen LogP contribution in [0.25, 0.3) is 0 Å². The van der Waals surface area contributed by atoms with Gasteiger partial charge in [-0.15, -0.1) is 0 Å². The molecule has 1 rings (SSSR count). The average molecular weight is 336 g/mol. The van der Waals surface area contributed by atoms with E-state index in [0.29, 0.717) is 5.56 Å². The first-order chi connectivity index (χ1) is 7.40. The van der Waals surface area contributed by atoms with Crippen LogP contribution in [0.3, 0.4) is 0 Å². The number of carboxylic acid groups (broad SMARTS) is 1. The number of hydrogen-bond donors (Lipinski definition) is 2. The van der Waals surface area contributed by atoms with Crippen molar-refractivity contribution in [2.75, 3.05) is 21.1 Å². The molecule has 1 aromatic rings. The molecule has 0 amide bonds. The van der Waals surface area contributed by atoms with Gasteiger partial charge in [0.25, 0.3) is 0 Å². The van der Waals surface area contributed by atoms with Gasteiger partial charge >= 0.3 is 5.97 Å². The zero-order valence-corrected chi connectivity index (χ0v) is 12.3. The number of rotatable bonds is 2. The number of carboxylic acids is 1. The molecule has 0 heterocycles. The van der Waals surface area contributed by atoms with Crippen molar-refractivity contribution in [3.63, 3.8) is 0 Å². The summed E-state index contributed by atoms with van der Waals surface area (Å²) in [5.74, 6) is -0.836. The third-order valence-corrected chi connectivity index (χ3v) is 2.59. The largest absolute Gasteiger partial charge is 0.478 e. The number of hydrogen-bond acceptors (Lipinski definition) is 1. The van der Waals surface area contributed by atoms with Crippen LogP contribution in [0.5, 0.6) is 0 Å². The van der Waals surface area contributed by atoms with Crippen molar-refractivity contribution in [3.8, 4) is 0 Å². The lowest BCUT2D eigenvalue weighted by Crippen LogP contribution is -3.02. The minimum Gasteiger partial charge on any atom is -0.478 e. The van der Waals surface area contributed by atoms with E-state index in [1.54, 1.807) is 0 Å². The fourth-order valence-corrected chi connectivity index (χ4v) is 1.89. The van der Waals surface area contributed by atoms with E-state index in [2.05, 4.69) is 21.1 Å². The lowest BCUT2D eigenvalue weighted by atomic mass is 10.1. The van der Waals surface area contributed by atoms with E-state index in [1.165, 1.54) is 4.90 Å². The summed E-state index contributed by atoms with van der Waals surface area (Å²) in [5.41, 5.74) is 1.34. The Hall–Kier alpha value is -0.620. The molecule has 90 valence electrons. The highest BCUT2D eigenvalue weighted by Crippen LogP contribution is 2.17. The molecule has 16 heavy (non-hydrogen) atoms. The Morgan fingerprint density at radius 1 is 1.38 bits per heavy atom. The summed E-state index contributed by atoms with van der Waals surface area (Å²) in [6.45, 7) is 1.96. The minimum atomic E-state index is -0.836. The maximum atomic E-state index is 10.8. The number of nitrogens with one attached hydrogen (secondary N) is 1. The van der Waals surface area contributed by atoms with Crippen molar-refractivity contribution in [2.24, 2.45) is 0 Å². The second-order valence-electron chi connectivity index (χ2n) is 3.93. The second kappa shape index (κ2) is 7.62. The molecule has 0 aliphatic rings. The summed E-state index contributed by atoms with van der Waals surface area (Å²) in [6.07, 6.45) is 0.762. The van der Waals surface area contributed by atoms with E-state index < -0.39 is 5.97 Å². The maximum absolute atomic E-state index is 10.8. The van der Waals surface area contributed by atoms with Gasteiger partial charge in [-0.3, -0.25) is 0 Å². The molecule has 1 aromatic carbocycles. The summed E-state index contributed by atoms with van der Waals surface area (Å²) in [4.78, 5) is 12.2. The Bertz CT molecular complexity index is 348. The van der Waals surface area contributed by atoms with Gasteiger partial charge in [-0.1, -0.05) is 19.1 Å². The van der Waals surface area contributed by atoms with Gasteiger partial charge in [0.2, 0.25) is 0 Å². The van der Waals surface area contributed by atoms with Gasteiger partial charge in [0, 0.05) is 3.57 Å². The topological polar surface area (TPSA) is 41.7 Å².